The van der Waals surface area contributed by atoms with Gasteiger partial charge in [-0.3, -0.25) is 9.59 Å². The lowest BCUT2D eigenvalue weighted by Crippen LogP contribution is -2.38. The van der Waals surface area contributed by atoms with Gasteiger partial charge in [-0.15, -0.1) is 0 Å². The highest BCUT2D eigenvalue weighted by Crippen LogP contribution is 2.15. The molecule has 0 aliphatic rings. The van der Waals surface area contributed by atoms with Crippen molar-refractivity contribution in [2.24, 2.45) is 0 Å². The lowest BCUT2D eigenvalue weighted by Gasteiger charge is -2.17. The van der Waals surface area contributed by atoms with Crippen LogP contribution in [0.25, 0.3) is 0 Å². The number of aryl methyl sites for hydroxylation is 1. The molecule has 1 unspecified atom stereocenters. The summed E-state index contributed by atoms with van der Waals surface area (Å²) in [5.41, 5.74) is 0.937. The molecule has 1 aromatic carbocycles. The normalized spacial score (nSPS) is 11.8. The number of likely N-dealkylation sites (N-methyl/N-ethyl adjacent to an activating group) is 1. The maximum absolute atomic E-state index is 13.1. The summed E-state index contributed by atoms with van der Waals surface area (Å²) in [6, 6.07) is 3.96. The topological polar surface area (TPSA) is 69.6 Å². The van der Waals surface area contributed by atoms with Gasteiger partial charge in [0.05, 0.1) is 6.10 Å². The largest absolute Gasteiger partial charge is 0.393 e. The third-order valence-corrected chi connectivity index (χ3v) is 2.87. The van der Waals surface area contributed by atoms with Crippen molar-refractivity contribution < 1.29 is 19.1 Å². The monoisotopic (exact) mass is 282 g/mol. The van der Waals surface area contributed by atoms with Gasteiger partial charge in [-0.2, -0.15) is 0 Å². The van der Waals surface area contributed by atoms with Crippen LogP contribution >= 0.6 is 0 Å². The highest BCUT2D eigenvalue weighted by molar-refractivity contribution is 6.39. The Morgan fingerprint density at radius 3 is 2.70 bits per heavy atom. The number of aliphatic hydroxyl groups is 1. The van der Waals surface area contributed by atoms with Gasteiger partial charge in [-0.1, -0.05) is 6.07 Å². The molecule has 0 radical (unpaired) electrons. The van der Waals surface area contributed by atoms with Crippen LogP contribution in [-0.2, 0) is 9.59 Å². The molecule has 6 heteroatoms. The zero-order valence-electron chi connectivity index (χ0n) is 11.8. The number of aliphatic hydroxyl groups excluding tert-OH is 1. The fraction of sp³-hybridized carbons (Fsp3) is 0.429. The molecular formula is C14H19FN2O3. The number of hydrogen-bond donors (Lipinski definition) is 2. The van der Waals surface area contributed by atoms with Crippen LogP contribution in [0.4, 0.5) is 10.1 Å². The maximum atomic E-state index is 13.1. The Bertz CT molecular complexity index is 503. The van der Waals surface area contributed by atoms with E-state index in [0.29, 0.717) is 12.0 Å². The van der Waals surface area contributed by atoms with Crippen molar-refractivity contribution in [1.29, 1.82) is 0 Å². The molecule has 2 N–H and O–H groups in total. The Morgan fingerprint density at radius 2 is 2.10 bits per heavy atom. The fourth-order valence-corrected chi connectivity index (χ4v) is 1.56. The van der Waals surface area contributed by atoms with Crippen LogP contribution in [0.15, 0.2) is 18.2 Å². The first kappa shape index (κ1) is 16.1. The highest BCUT2D eigenvalue weighted by atomic mass is 19.1. The number of benzene rings is 1. The molecule has 0 saturated heterocycles. The molecule has 0 bridgehead atoms. The first-order chi connectivity index (χ1) is 9.31. The molecule has 1 rings (SSSR count). The second kappa shape index (κ2) is 7.00. The van der Waals surface area contributed by atoms with Gasteiger partial charge in [0.1, 0.15) is 5.82 Å². The van der Waals surface area contributed by atoms with E-state index in [-0.39, 0.29) is 12.2 Å². The molecule has 0 aliphatic carbocycles. The summed E-state index contributed by atoms with van der Waals surface area (Å²) in [6.07, 6.45) is -0.159. The van der Waals surface area contributed by atoms with E-state index in [9.17, 15) is 14.0 Å². The zero-order chi connectivity index (χ0) is 15.3. The van der Waals surface area contributed by atoms with Crippen molar-refractivity contribution in [3.05, 3.63) is 29.6 Å². The molecule has 0 aliphatic heterocycles. The lowest BCUT2D eigenvalue weighted by molar-refractivity contribution is -0.142. The van der Waals surface area contributed by atoms with Crippen molar-refractivity contribution in [2.75, 3.05) is 18.9 Å². The number of anilines is 1. The smallest absolute Gasteiger partial charge is 0.313 e. The number of amides is 2. The molecule has 0 fully saturated rings. The van der Waals surface area contributed by atoms with Crippen molar-refractivity contribution in [1.82, 2.24) is 4.90 Å². The van der Waals surface area contributed by atoms with Crippen LogP contribution in [-0.4, -0.2) is 41.5 Å². The molecule has 20 heavy (non-hydrogen) atoms. The first-order valence-electron chi connectivity index (χ1n) is 6.32. The van der Waals surface area contributed by atoms with E-state index >= 15 is 0 Å². The molecule has 1 aromatic rings. The van der Waals surface area contributed by atoms with E-state index in [4.69, 9.17) is 5.11 Å². The Morgan fingerprint density at radius 1 is 1.45 bits per heavy atom. The van der Waals surface area contributed by atoms with Crippen LogP contribution in [0.1, 0.15) is 18.9 Å². The Labute approximate surface area is 117 Å². The minimum atomic E-state index is -0.827. The Kier molecular flexibility index (Phi) is 5.64. The molecule has 110 valence electrons. The number of hydrogen-bond acceptors (Lipinski definition) is 3. The summed E-state index contributed by atoms with van der Waals surface area (Å²) >= 11 is 0. The number of carbonyl (C=O) groups excluding carboxylic acids is 2. The molecule has 2 amide bonds. The molecule has 5 nitrogen and oxygen atoms in total. The van der Waals surface area contributed by atoms with Gasteiger partial charge < -0.3 is 15.3 Å². The molecule has 0 heterocycles. The van der Waals surface area contributed by atoms with Crippen molar-refractivity contribution >= 4 is 17.5 Å². The standard InChI is InChI=1S/C14H19FN2O3/c1-9-4-5-11(15)8-12(9)16-13(19)14(20)17(3)7-6-10(2)18/h4-5,8,10,18H,6-7H2,1-3H3,(H,16,19). The third-order valence-electron chi connectivity index (χ3n) is 2.87. The average molecular weight is 282 g/mol. The van der Waals surface area contributed by atoms with E-state index in [1.54, 1.807) is 13.8 Å². The van der Waals surface area contributed by atoms with Gasteiger partial charge in [0.15, 0.2) is 0 Å². The predicted molar refractivity (Wildman–Crippen MR) is 73.7 cm³/mol. The van der Waals surface area contributed by atoms with Crippen LogP contribution in [0.2, 0.25) is 0 Å². The van der Waals surface area contributed by atoms with Crippen LogP contribution < -0.4 is 5.32 Å². The van der Waals surface area contributed by atoms with Gasteiger partial charge in [0.25, 0.3) is 0 Å². The number of halogens is 1. The van der Waals surface area contributed by atoms with Gasteiger partial charge in [-0.25, -0.2) is 4.39 Å². The minimum absolute atomic E-state index is 0.270. The Balaban J connectivity index is 2.66. The number of rotatable bonds is 4. The first-order valence-corrected chi connectivity index (χ1v) is 6.32. The molecule has 1 atom stereocenters. The van der Waals surface area contributed by atoms with Gasteiger partial charge in [0.2, 0.25) is 0 Å². The fourth-order valence-electron chi connectivity index (χ4n) is 1.56. The summed E-state index contributed by atoms with van der Waals surface area (Å²) in [5, 5.41) is 11.5. The van der Waals surface area contributed by atoms with Gasteiger partial charge in [-0.05, 0) is 38.0 Å². The zero-order valence-corrected chi connectivity index (χ0v) is 11.8. The van der Waals surface area contributed by atoms with Crippen LogP contribution in [0.3, 0.4) is 0 Å². The summed E-state index contributed by atoms with van der Waals surface area (Å²) < 4.78 is 13.1. The van der Waals surface area contributed by atoms with E-state index < -0.39 is 23.7 Å². The summed E-state index contributed by atoms with van der Waals surface area (Å²) in [5.74, 6) is -2.04. The predicted octanol–water partition coefficient (Wildman–Crippen LogP) is 1.30. The molecule has 0 aromatic heterocycles. The van der Waals surface area contributed by atoms with E-state index in [1.807, 2.05) is 0 Å². The van der Waals surface area contributed by atoms with Crippen LogP contribution in [0.5, 0.6) is 0 Å². The second-order valence-corrected chi connectivity index (χ2v) is 4.78. The Hall–Kier alpha value is -1.95. The third kappa shape index (κ3) is 4.62. The van der Waals surface area contributed by atoms with E-state index in [2.05, 4.69) is 5.32 Å². The molecular weight excluding hydrogens is 263 g/mol. The van der Waals surface area contributed by atoms with E-state index in [0.717, 1.165) is 6.07 Å². The minimum Gasteiger partial charge on any atom is -0.393 e. The summed E-state index contributed by atoms with van der Waals surface area (Å²) in [7, 11) is 1.47. The molecule has 0 saturated carbocycles. The van der Waals surface area contributed by atoms with Crippen molar-refractivity contribution in [3.63, 3.8) is 0 Å². The summed E-state index contributed by atoms with van der Waals surface area (Å²) in [4.78, 5) is 24.8. The molecule has 0 spiro atoms. The number of nitrogens with one attached hydrogen (secondary N) is 1. The lowest BCUT2D eigenvalue weighted by atomic mass is 10.2. The van der Waals surface area contributed by atoms with Crippen molar-refractivity contribution in [2.45, 2.75) is 26.4 Å². The maximum Gasteiger partial charge on any atom is 0.313 e. The number of nitrogens with zero attached hydrogens (tertiary/aromatic N) is 1. The number of carbonyl (C=O) groups is 2. The highest BCUT2D eigenvalue weighted by Gasteiger charge is 2.19. The van der Waals surface area contributed by atoms with Crippen molar-refractivity contribution in [3.8, 4) is 0 Å². The second-order valence-electron chi connectivity index (χ2n) is 4.78. The van der Waals surface area contributed by atoms with E-state index in [1.165, 1.54) is 24.1 Å². The van der Waals surface area contributed by atoms with Gasteiger partial charge >= 0.3 is 11.8 Å². The quantitative estimate of drug-likeness (QED) is 0.818. The summed E-state index contributed by atoms with van der Waals surface area (Å²) in [6.45, 7) is 3.58. The van der Waals surface area contributed by atoms with Crippen LogP contribution in [0, 0.1) is 12.7 Å². The average Bonchev–Trinajstić information content (AvgIpc) is 2.39. The SMILES string of the molecule is Cc1ccc(F)cc1NC(=O)C(=O)N(C)CCC(C)O. The van der Waals surface area contributed by atoms with Gasteiger partial charge in [0, 0.05) is 19.3 Å².